The number of nitrogens with two attached hydrogens (primary N) is 1. The number of rotatable bonds is 3. The maximum absolute atomic E-state index is 11.5. The quantitative estimate of drug-likeness (QED) is 0.801. The van der Waals surface area contributed by atoms with Crippen LogP contribution >= 0.6 is 0 Å². The van der Waals surface area contributed by atoms with Crippen LogP contribution in [-0.4, -0.2) is 25.9 Å². The standard InChI is InChI=1S/C16H15N3O3S/c17-16-15(11-5-2-1-3-6-11)14(20)10-19(16)12-7-4-8-13(9-12)23(18,21)22/h1-9,17,20H,10H2,(H2,18,21,22). The minimum atomic E-state index is -3.82. The molecule has 4 N–H and O–H groups in total. The van der Waals surface area contributed by atoms with Crippen molar-refractivity contribution in [3.63, 3.8) is 0 Å². The van der Waals surface area contributed by atoms with Crippen molar-refractivity contribution in [2.75, 3.05) is 11.4 Å². The molecule has 1 aliphatic rings. The number of nitrogens with zero attached hydrogens (tertiary/aromatic N) is 1. The molecule has 23 heavy (non-hydrogen) atoms. The Bertz CT molecular complexity index is 905. The predicted octanol–water partition coefficient (Wildman–Crippen LogP) is 2.10. The van der Waals surface area contributed by atoms with Crippen LogP contribution in [0.5, 0.6) is 0 Å². The molecule has 2 aromatic rings. The molecular formula is C16H15N3O3S. The van der Waals surface area contributed by atoms with Gasteiger partial charge in [-0.05, 0) is 23.8 Å². The average molecular weight is 329 g/mol. The van der Waals surface area contributed by atoms with Gasteiger partial charge >= 0.3 is 0 Å². The van der Waals surface area contributed by atoms with Crippen LogP contribution in [0.3, 0.4) is 0 Å². The second-order valence-electron chi connectivity index (χ2n) is 5.16. The van der Waals surface area contributed by atoms with Crippen molar-refractivity contribution in [1.29, 1.82) is 5.41 Å². The molecule has 0 aromatic heterocycles. The van der Waals surface area contributed by atoms with Crippen LogP contribution in [0.2, 0.25) is 0 Å². The molecule has 0 unspecified atom stereocenters. The summed E-state index contributed by atoms with van der Waals surface area (Å²) in [5, 5.41) is 23.7. The number of aliphatic hydroxyl groups is 1. The fraction of sp³-hybridized carbons (Fsp3) is 0.0625. The van der Waals surface area contributed by atoms with Gasteiger partial charge in [-0.1, -0.05) is 36.4 Å². The highest BCUT2D eigenvalue weighted by atomic mass is 32.2. The van der Waals surface area contributed by atoms with Crippen LogP contribution in [0.1, 0.15) is 5.56 Å². The monoisotopic (exact) mass is 329 g/mol. The molecule has 0 fully saturated rings. The molecule has 2 aromatic carbocycles. The van der Waals surface area contributed by atoms with Gasteiger partial charge in [-0.2, -0.15) is 0 Å². The summed E-state index contributed by atoms with van der Waals surface area (Å²) >= 11 is 0. The van der Waals surface area contributed by atoms with E-state index >= 15 is 0 Å². The molecule has 118 valence electrons. The Hall–Kier alpha value is -2.64. The number of primary sulfonamides is 1. The number of hydrogen-bond donors (Lipinski definition) is 3. The highest BCUT2D eigenvalue weighted by Crippen LogP contribution is 2.31. The first-order valence-corrected chi connectivity index (χ1v) is 8.39. The minimum Gasteiger partial charge on any atom is -0.510 e. The molecule has 7 heteroatoms. The summed E-state index contributed by atoms with van der Waals surface area (Å²) in [6.07, 6.45) is 0. The summed E-state index contributed by atoms with van der Waals surface area (Å²) in [6.45, 7) is 0.108. The van der Waals surface area contributed by atoms with Crippen molar-refractivity contribution in [1.82, 2.24) is 0 Å². The van der Waals surface area contributed by atoms with Gasteiger partial charge in [0.15, 0.2) is 0 Å². The third-order valence-corrected chi connectivity index (χ3v) is 4.53. The molecule has 0 atom stereocenters. The smallest absolute Gasteiger partial charge is 0.238 e. The summed E-state index contributed by atoms with van der Waals surface area (Å²) in [6, 6.07) is 15.1. The highest BCUT2D eigenvalue weighted by molar-refractivity contribution is 7.89. The molecule has 6 nitrogen and oxygen atoms in total. The van der Waals surface area contributed by atoms with Crippen molar-refractivity contribution in [3.8, 4) is 0 Å². The number of anilines is 1. The summed E-state index contributed by atoms with van der Waals surface area (Å²) in [5.41, 5.74) is 1.66. The van der Waals surface area contributed by atoms with E-state index in [-0.39, 0.29) is 23.0 Å². The van der Waals surface area contributed by atoms with Crippen molar-refractivity contribution in [3.05, 3.63) is 65.9 Å². The van der Waals surface area contributed by atoms with E-state index in [0.29, 0.717) is 11.3 Å². The van der Waals surface area contributed by atoms with E-state index in [1.165, 1.54) is 17.0 Å². The zero-order valence-electron chi connectivity index (χ0n) is 12.1. The molecule has 0 radical (unpaired) electrons. The maximum Gasteiger partial charge on any atom is 0.238 e. The molecule has 0 saturated carbocycles. The second-order valence-corrected chi connectivity index (χ2v) is 6.73. The Morgan fingerprint density at radius 2 is 1.78 bits per heavy atom. The van der Waals surface area contributed by atoms with Gasteiger partial charge in [0.2, 0.25) is 10.0 Å². The van der Waals surface area contributed by atoms with Crippen LogP contribution in [0.25, 0.3) is 5.57 Å². The van der Waals surface area contributed by atoms with Crippen LogP contribution in [-0.2, 0) is 10.0 Å². The number of benzene rings is 2. The van der Waals surface area contributed by atoms with Crippen LogP contribution in [0.4, 0.5) is 5.69 Å². The second kappa shape index (κ2) is 5.53. The summed E-state index contributed by atoms with van der Waals surface area (Å²) in [7, 11) is -3.82. The van der Waals surface area contributed by atoms with Gasteiger partial charge in [0.25, 0.3) is 0 Å². The van der Waals surface area contributed by atoms with E-state index in [0.717, 1.165) is 5.56 Å². The Balaban J connectivity index is 1.98. The third kappa shape index (κ3) is 2.84. The molecule has 0 bridgehead atoms. The molecule has 0 spiro atoms. The Labute approximate surface area is 134 Å². The van der Waals surface area contributed by atoms with Crippen LogP contribution in [0.15, 0.2) is 65.3 Å². The third-order valence-electron chi connectivity index (χ3n) is 3.62. The van der Waals surface area contributed by atoms with Gasteiger partial charge in [0.1, 0.15) is 11.6 Å². The number of hydrogen-bond acceptors (Lipinski definition) is 4. The minimum absolute atomic E-state index is 0.0320. The van der Waals surface area contributed by atoms with E-state index < -0.39 is 10.0 Å². The average Bonchev–Trinajstić information content (AvgIpc) is 2.82. The maximum atomic E-state index is 11.5. The lowest BCUT2D eigenvalue weighted by Crippen LogP contribution is -2.26. The Morgan fingerprint density at radius 1 is 1.09 bits per heavy atom. The summed E-state index contributed by atoms with van der Waals surface area (Å²) in [4.78, 5) is 1.50. The Kier molecular flexibility index (Phi) is 3.67. The van der Waals surface area contributed by atoms with Crippen molar-refractivity contribution in [2.45, 2.75) is 4.90 Å². The van der Waals surface area contributed by atoms with Gasteiger partial charge in [-0.3, -0.25) is 5.41 Å². The molecule has 1 heterocycles. The normalized spacial score (nSPS) is 15.3. The molecule has 0 amide bonds. The first-order chi connectivity index (χ1) is 10.9. The fourth-order valence-electron chi connectivity index (χ4n) is 2.54. The van der Waals surface area contributed by atoms with Crippen molar-refractivity contribution in [2.24, 2.45) is 5.14 Å². The topological polar surface area (TPSA) is 107 Å². The molecular weight excluding hydrogens is 314 g/mol. The van der Waals surface area contributed by atoms with Gasteiger partial charge in [0.05, 0.1) is 17.0 Å². The number of aliphatic hydroxyl groups excluding tert-OH is 1. The van der Waals surface area contributed by atoms with Crippen LogP contribution < -0.4 is 10.0 Å². The number of sulfonamides is 1. The molecule has 1 aliphatic heterocycles. The van der Waals surface area contributed by atoms with Gasteiger partial charge in [-0.15, -0.1) is 0 Å². The van der Waals surface area contributed by atoms with E-state index in [4.69, 9.17) is 10.5 Å². The lowest BCUT2D eigenvalue weighted by Gasteiger charge is -2.19. The zero-order valence-corrected chi connectivity index (χ0v) is 12.9. The first-order valence-electron chi connectivity index (χ1n) is 6.85. The molecule has 0 saturated heterocycles. The van der Waals surface area contributed by atoms with E-state index in [2.05, 4.69) is 0 Å². The number of amidine groups is 1. The van der Waals surface area contributed by atoms with E-state index in [1.807, 2.05) is 30.3 Å². The SMILES string of the molecule is N=C1C(c2ccccc2)=C(O)CN1c1cccc(S(N)(=O)=O)c1. The fourth-order valence-corrected chi connectivity index (χ4v) is 3.09. The van der Waals surface area contributed by atoms with Gasteiger partial charge in [0, 0.05) is 5.69 Å². The Morgan fingerprint density at radius 3 is 2.43 bits per heavy atom. The zero-order chi connectivity index (χ0) is 16.6. The number of nitrogens with one attached hydrogen (secondary N) is 1. The van der Waals surface area contributed by atoms with E-state index in [9.17, 15) is 13.5 Å². The van der Waals surface area contributed by atoms with Gasteiger partial charge in [-0.25, -0.2) is 13.6 Å². The summed E-state index contributed by atoms with van der Waals surface area (Å²) in [5.74, 6) is 0.183. The lowest BCUT2D eigenvalue weighted by molar-refractivity contribution is 0.411. The van der Waals surface area contributed by atoms with Crippen molar-refractivity contribution < 1.29 is 13.5 Å². The van der Waals surface area contributed by atoms with Gasteiger partial charge < -0.3 is 10.0 Å². The molecule has 0 aliphatic carbocycles. The largest absolute Gasteiger partial charge is 0.510 e. The molecule has 3 rings (SSSR count). The lowest BCUT2D eigenvalue weighted by atomic mass is 10.1. The van der Waals surface area contributed by atoms with E-state index in [1.54, 1.807) is 12.1 Å². The highest BCUT2D eigenvalue weighted by Gasteiger charge is 2.29. The predicted molar refractivity (Wildman–Crippen MR) is 88.9 cm³/mol. The first kappa shape index (κ1) is 15.3. The van der Waals surface area contributed by atoms with Crippen molar-refractivity contribution >= 4 is 27.1 Å². The van der Waals surface area contributed by atoms with Crippen LogP contribution in [0, 0.1) is 5.41 Å². The summed E-state index contributed by atoms with van der Waals surface area (Å²) < 4.78 is 23.0.